The van der Waals surface area contributed by atoms with E-state index < -0.39 is 0 Å². The number of nitrogens with zero attached hydrogens (tertiary/aromatic N) is 2. The molecule has 0 bridgehead atoms. The van der Waals surface area contributed by atoms with Crippen LogP contribution in [-0.2, 0) is 6.42 Å². The topological polar surface area (TPSA) is 64.1 Å². The maximum Gasteiger partial charge on any atom is 0.277 e. The van der Waals surface area contributed by atoms with Crippen LogP contribution < -0.4 is 10.1 Å². The third kappa shape index (κ3) is 3.73. The number of nitrogens with one attached hydrogen (secondary N) is 1. The van der Waals surface area contributed by atoms with Crippen LogP contribution >= 0.6 is 11.7 Å². The van der Waals surface area contributed by atoms with E-state index in [2.05, 4.69) is 26.2 Å². The van der Waals surface area contributed by atoms with Gasteiger partial charge in [-0.3, -0.25) is 4.79 Å². The summed E-state index contributed by atoms with van der Waals surface area (Å²) in [6, 6.07) is 15.7. The third-order valence-electron chi connectivity index (χ3n) is 3.37. The molecule has 23 heavy (non-hydrogen) atoms. The predicted molar refractivity (Wildman–Crippen MR) is 90.1 cm³/mol. The molecule has 0 unspecified atom stereocenters. The second-order valence-corrected chi connectivity index (χ2v) is 5.49. The van der Waals surface area contributed by atoms with E-state index in [4.69, 9.17) is 4.74 Å². The van der Waals surface area contributed by atoms with Crippen molar-refractivity contribution in [3.8, 4) is 5.75 Å². The van der Waals surface area contributed by atoms with E-state index in [0.717, 1.165) is 29.5 Å². The van der Waals surface area contributed by atoms with Crippen molar-refractivity contribution in [2.75, 3.05) is 12.4 Å². The Hall–Kier alpha value is -2.73. The molecule has 0 aliphatic carbocycles. The Morgan fingerprint density at radius 2 is 2.04 bits per heavy atom. The summed E-state index contributed by atoms with van der Waals surface area (Å²) in [4.78, 5) is 12.1. The average molecular weight is 325 g/mol. The fraction of sp³-hybridized carbons (Fsp3) is 0.118. The maximum atomic E-state index is 12.1. The Kier molecular flexibility index (Phi) is 4.63. The Morgan fingerprint density at radius 3 is 2.74 bits per heavy atom. The Balaban J connectivity index is 1.82. The molecule has 0 radical (unpaired) electrons. The van der Waals surface area contributed by atoms with Gasteiger partial charge in [-0.15, -0.1) is 0 Å². The summed E-state index contributed by atoms with van der Waals surface area (Å²) in [7, 11) is 1.64. The summed E-state index contributed by atoms with van der Waals surface area (Å²) in [5.41, 5.74) is 3.20. The first-order valence-electron chi connectivity index (χ1n) is 7.06. The molecule has 0 aliphatic rings. The van der Waals surface area contributed by atoms with E-state index in [1.54, 1.807) is 7.11 Å². The fourth-order valence-corrected chi connectivity index (χ4v) is 2.68. The zero-order chi connectivity index (χ0) is 16.1. The zero-order valence-electron chi connectivity index (χ0n) is 12.5. The van der Waals surface area contributed by atoms with Crippen LogP contribution in [0.4, 0.5) is 5.69 Å². The van der Waals surface area contributed by atoms with E-state index >= 15 is 0 Å². The minimum Gasteiger partial charge on any atom is -0.496 e. The molecular formula is C17H15N3O2S. The molecular weight excluding hydrogens is 310 g/mol. The molecule has 5 nitrogen and oxygen atoms in total. The third-order valence-corrected chi connectivity index (χ3v) is 3.85. The van der Waals surface area contributed by atoms with Gasteiger partial charge in [0.25, 0.3) is 5.91 Å². The van der Waals surface area contributed by atoms with Crippen LogP contribution in [0.15, 0.2) is 54.7 Å². The van der Waals surface area contributed by atoms with Crippen molar-refractivity contribution < 1.29 is 9.53 Å². The molecule has 1 N–H and O–H groups in total. The molecule has 3 aromatic rings. The molecule has 0 atom stereocenters. The second-order valence-electron chi connectivity index (χ2n) is 4.94. The lowest BCUT2D eigenvalue weighted by atomic mass is 10.0. The maximum absolute atomic E-state index is 12.1. The summed E-state index contributed by atoms with van der Waals surface area (Å²) >= 11 is 1.01. The number of benzene rings is 2. The molecule has 0 saturated carbocycles. The smallest absolute Gasteiger partial charge is 0.277 e. The number of carbonyl (C=O) groups is 1. The van der Waals surface area contributed by atoms with Gasteiger partial charge in [-0.05, 0) is 23.8 Å². The highest BCUT2D eigenvalue weighted by Gasteiger charge is 2.11. The van der Waals surface area contributed by atoms with E-state index in [0.29, 0.717) is 11.4 Å². The number of rotatable bonds is 5. The number of hydrogen-bond acceptors (Lipinski definition) is 5. The number of anilines is 1. The first-order valence-corrected chi connectivity index (χ1v) is 7.79. The number of hydrogen-bond donors (Lipinski definition) is 1. The van der Waals surface area contributed by atoms with Gasteiger partial charge < -0.3 is 10.1 Å². The van der Waals surface area contributed by atoms with Crippen LogP contribution in [-0.4, -0.2) is 21.8 Å². The molecule has 1 heterocycles. The van der Waals surface area contributed by atoms with Crippen molar-refractivity contribution in [1.82, 2.24) is 8.75 Å². The summed E-state index contributed by atoms with van der Waals surface area (Å²) in [6.07, 6.45) is 2.18. The monoisotopic (exact) mass is 325 g/mol. The molecule has 6 heteroatoms. The van der Waals surface area contributed by atoms with Gasteiger partial charge in [0.05, 0.1) is 25.0 Å². The van der Waals surface area contributed by atoms with Crippen molar-refractivity contribution in [1.29, 1.82) is 0 Å². The van der Waals surface area contributed by atoms with Crippen LogP contribution in [0, 0.1) is 0 Å². The summed E-state index contributed by atoms with van der Waals surface area (Å²) in [6.45, 7) is 0. The molecule has 0 spiro atoms. The van der Waals surface area contributed by atoms with Gasteiger partial charge in [-0.25, -0.2) is 0 Å². The molecule has 1 amide bonds. The predicted octanol–water partition coefficient (Wildman–Crippen LogP) is 3.39. The minimum absolute atomic E-state index is 0.269. The van der Waals surface area contributed by atoms with Crippen molar-refractivity contribution in [3.63, 3.8) is 0 Å². The van der Waals surface area contributed by atoms with E-state index in [1.165, 1.54) is 11.8 Å². The van der Waals surface area contributed by atoms with E-state index in [1.807, 2.05) is 36.4 Å². The Bertz CT molecular complexity index is 789. The highest BCUT2D eigenvalue weighted by molar-refractivity contribution is 6.99. The molecule has 0 fully saturated rings. The molecule has 116 valence electrons. The molecule has 0 aliphatic heterocycles. The first kappa shape index (κ1) is 15.2. The second kappa shape index (κ2) is 7.02. The van der Waals surface area contributed by atoms with Crippen molar-refractivity contribution in [3.05, 3.63) is 71.5 Å². The standard InChI is InChI=1S/C17H15N3O2S/c1-22-16-8-7-14(19-17(21)15-11-18-23-20-15)10-13(16)9-12-5-3-2-4-6-12/h2-8,10-11H,9H2,1H3,(H,19,21). The summed E-state index contributed by atoms with van der Waals surface area (Å²) in [5.74, 6) is 0.525. The van der Waals surface area contributed by atoms with E-state index in [9.17, 15) is 4.79 Å². The first-order chi connectivity index (χ1) is 11.3. The van der Waals surface area contributed by atoms with Crippen molar-refractivity contribution >= 4 is 23.3 Å². The van der Waals surface area contributed by atoms with Crippen LogP contribution in [0.2, 0.25) is 0 Å². The highest BCUT2D eigenvalue weighted by atomic mass is 32.1. The molecule has 3 rings (SSSR count). The molecule has 0 saturated heterocycles. The van der Waals surface area contributed by atoms with Crippen molar-refractivity contribution in [2.24, 2.45) is 0 Å². The lowest BCUT2D eigenvalue weighted by Crippen LogP contribution is -2.12. The number of aromatic nitrogens is 2. The highest BCUT2D eigenvalue weighted by Crippen LogP contribution is 2.25. The lowest BCUT2D eigenvalue weighted by molar-refractivity contribution is 0.102. The lowest BCUT2D eigenvalue weighted by Gasteiger charge is -2.11. The largest absolute Gasteiger partial charge is 0.496 e. The number of methoxy groups -OCH3 is 1. The van der Waals surface area contributed by atoms with E-state index in [-0.39, 0.29) is 5.91 Å². The number of carbonyl (C=O) groups excluding carboxylic acids is 1. The van der Waals surface area contributed by atoms with Crippen LogP contribution in [0.25, 0.3) is 0 Å². The number of ether oxygens (including phenoxy) is 1. The quantitative estimate of drug-likeness (QED) is 0.781. The van der Waals surface area contributed by atoms with Gasteiger partial charge in [0, 0.05) is 17.7 Å². The zero-order valence-corrected chi connectivity index (χ0v) is 13.3. The normalized spacial score (nSPS) is 10.3. The van der Waals surface area contributed by atoms with Gasteiger partial charge in [-0.1, -0.05) is 30.3 Å². The molecule has 2 aromatic carbocycles. The van der Waals surface area contributed by atoms with Gasteiger partial charge in [-0.2, -0.15) is 8.75 Å². The minimum atomic E-state index is -0.269. The Labute approximate surface area is 138 Å². The van der Waals surface area contributed by atoms with Crippen molar-refractivity contribution in [2.45, 2.75) is 6.42 Å². The van der Waals surface area contributed by atoms with Gasteiger partial charge in [0.2, 0.25) is 0 Å². The van der Waals surface area contributed by atoms with Gasteiger partial charge >= 0.3 is 0 Å². The van der Waals surface area contributed by atoms with Crippen LogP contribution in [0.5, 0.6) is 5.75 Å². The summed E-state index contributed by atoms with van der Waals surface area (Å²) < 4.78 is 13.2. The molecule has 1 aromatic heterocycles. The van der Waals surface area contributed by atoms with Crippen LogP contribution in [0.1, 0.15) is 21.6 Å². The van der Waals surface area contributed by atoms with Gasteiger partial charge in [0.1, 0.15) is 5.75 Å². The average Bonchev–Trinajstić information content (AvgIpc) is 3.11. The Morgan fingerprint density at radius 1 is 1.22 bits per heavy atom. The fourth-order valence-electron chi connectivity index (χ4n) is 2.27. The number of amides is 1. The summed E-state index contributed by atoms with van der Waals surface area (Å²) in [5, 5.41) is 2.83. The van der Waals surface area contributed by atoms with Crippen LogP contribution in [0.3, 0.4) is 0 Å². The SMILES string of the molecule is COc1ccc(NC(=O)c2cnsn2)cc1Cc1ccccc1. The van der Waals surface area contributed by atoms with Gasteiger partial charge in [0.15, 0.2) is 5.69 Å².